The van der Waals surface area contributed by atoms with Crippen molar-refractivity contribution in [1.82, 2.24) is 25.2 Å². The van der Waals surface area contributed by atoms with E-state index in [-0.39, 0.29) is 42.3 Å². The Balaban J connectivity index is 0.00000261. The van der Waals surface area contributed by atoms with Gasteiger partial charge in [-0.05, 0) is 37.6 Å². The molecule has 1 aliphatic rings. The van der Waals surface area contributed by atoms with Gasteiger partial charge < -0.3 is 10.2 Å². The fourth-order valence-corrected chi connectivity index (χ4v) is 3.12. The molecule has 0 bridgehead atoms. The number of halogens is 2. The molecule has 146 valence electrons. The molecular weight excluding hydrogens is 395 g/mol. The van der Waals surface area contributed by atoms with Crippen LogP contribution in [0, 0.1) is 10.1 Å². The molecule has 0 unspecified atom stereocenters. The quantitative estimate of drug-likeness (QED) is 0.594. The van der Waals surface area contributed by atoms with Crippen LogP contribution in [0.2, 0.25) is 5.02 Å². The Morgan fingerprint density at radius 1 is 1.44 bits per heavy atom. The number of hydrogen-bond acceptors (Lipinski definition) is 6. The Kier molecular flexibility index (Phi) is 7.11. The normalized spacial score (nSPS) is 14.4. The van der Waals surface area contributed by atoms with Crippen molar-refractivity contribution < 1.29 is 9.72 Å². The molecule has 27 heavy (non-hydrogen) atoms. The van der Waals surface area contributed by atoms with E-state index in [9.17, 15) is 14.9 Å². The minimum atomic E-state index is -0.494. The summed E-state index contributed by atoms with van der Waals surface area (Å²) in [7, 11) is 1.60. The molecule has 0 spiro atoms. The summed E-state index contributed by atoms with van der Waals surface area (Å²) in [5.41, 5.74) is 0.678. The van der Waals surface area contributed by atoms with Crippen molar-refractivity contribution >= 4 is 35.6 Å². The van der Waals surface area contributed by atoms with Crippen molar-refractivity contribution in [2.45, 2.75) is 25.4 Å². The van der Waals surface area contributed by atoms with E-state index in [1.165, 1.54) is 23.1 Å². The van der Waals surface area contributed by atoms with Gasteiger partial charge >= 0.3 is 0 Å². The average Bonchev–Trinajstić information content (AvgIpc) is 3.13. The van der Waals surface area contributed by atoms with Crippen LogP contribution in [-0.4, -0.2) is 50.9 Å². The summed E-state index contributed by atoms with van der Waals surface area (Å²) < 4.78 is 1.74. The fourth-order valence-electron chi connectivity index (χ4n) is 2.94. The lowest BCUT2D eigenvalue weighted by Gasteiger charge is -2.22. The highest BCUT2D eigenvalue weighted by atomic mass is 35.5. The number of piperidine rings is 1. The molecule has 1 aliphatic heterocycles. The van der Waals surface area contributed by atoms with E-state index >= 15 is 0 Å². The Hall–Kier alpha value is -2.23. The third-order valence-electron chi connectivity index (χ3n) is 4.41. The van der Waals surface area contributed by atoms with E-state index in [1.54, 1.807) is 17.9 Å². The van der Waals surface area contributed by atoms with E-state index in [1.807, 2.05) is 0 Å². The van der Waals surface area contributed by atoms with Crippen molar-refractivity contribution in [3.8, 4) is 0 Å². The molecular formula is C16H20Cl2N6O3. The Labute approximate surface area is 167 Å². The Bertz CT molecular complexity index is 822. The van der Waals surface area contributed by atoms with Crippen LogP contribution < -0.4 is 5.32 Å². The van der Waals surface area contributed by atoms with Crippen molar-refractivity contribution in [1.29, 1.82) is 0 Å². The molecule has 1 aromatic carbocycles. The third kappa shape index (κ3) is 4.94. The van der Waals surface area contributed by atoms with Crippen molar-refractivity contribution in [3.63, 3.8) is 0 Å². The minimum Gasteiger partial charge on any atom is -0.336 e. The number of nitrogens with zero attached hydrogens (tertiary/aromatic N) is 5. The van der Waals surface area contributed by atoms with Gasteiger partial charge in [0, 0.05) is 30.7 Å². The molecule has 1 amide bonds. The lowest BCUT2D eigenvalue weighted by molar-refractivity contribution is -0.384. The van der Waals surface area contributed by atoms with Crippen molar-refractivity contribution in [3.05, 3.63) is 50.8 Å². The van der Waals surface area contributed by atoms with Crippen LogP contribution in [0.15, 0.2) is 24.4 Å². The summed E-state index contributed by atoms with van der Waals surface area (Å²) in [6.07, 6.45) is 3.54. The molecule has 1 N–H and O–H groups in total. The van der Waals surface area contributed by atoms with Crippen LogP contribution in [0.5, 0.6) is 0 Å². The first-order valence-corrected chi connectivity index (χ1v) is 8.64. The van der Waals surface area contributed by atoms with E-state index in [0.717, 1.165) is 25.9 Å². The second-order valence-corrected chi connectivity index (χ2v) is 6.67. The zero-order valence-electron chi connectivity index (χ0n) is 14.7. The number of amides is 1. The monoisotopic (exact) mass is 414 g/mol. The van der Waals surface area contributed by atoms with Gasteiger partial charge in [0.05, 0.1) is 17.2 Å². The average molecular weight is 415 g/mol. The van der Waals surface area contributed by atoms with E-state index in [0.29, 0.717) is 10.6 Å². The zero-order chi connectivity index (χ0) is 18.7. The lowest BCUT2D eigenvalue weighted by atomic mass is 10.1. The number of nitro groups is 1. The minimum absolute atomic E-state index is 0. The zero-order valence-corrected chi connectivity index (χ0v) is 16.2. The topological polar surface area (TPSA) is 106 Å². The van der Waals surface area contributed by atoms with Crippen LogP contribution in [0.25, 0.3) is 0 Å². The second-order valence-electron chi connectivity index (χ2n) is 6.26. The summed E-state index contributed by atoms with van der Waals surface area (Å²) in [6, 6.07) is 4.40. The first-order chi connectivity index (χ1) is 12.5. The molecule has 1 aromatic heterocycles. The molecule has 0 atom stereocenters. The van der Waals surface area contributed by atoms with E-state index < -0.39 is 4.92 Å². The highest BCUT2D eigenvalue weighted by Gasteiger charge is 2.21. The maximum absolute atomic E-state index is 12.6. The molecule has 2 aromatic rings. The number of carbonyl (C=O) groups is 1. The number of aromatic nitrogens is 3. The number of carbonyl (C=O) groups excluding carboxylic acids is 1. The molecule has 1 fully saturated rings. The first kappa shape index (κ1) is 21.1. The molecule has 11 heteroatoms. The lowest BCUT2D eigenvalue weighted by Crippen LogP contribution is -2.29. The maximum Gasteiger partial charge on any atom is 0.276 e. The van der Waals surface area contributed by atoms with Crippen LogP contribution in [0.4, 0.5) is 5.69 Å². The number of rotatable bonds is 5. The number of nitrogens with one attached hydrogen (secondary N) is 1. The van der Waals surface area contributed by atoms with Crippen LogP contribution in [0.3, 0.4) is 0 Å². The molecule has 0 saturated carbocycles. The Morgan fingerprint density at radius 3 is 2.81 bits per heavy atom. The smallest absolute Gasteiger partial charge is 0.276 e. The maximum atomic E-state index is 12.6. The number of non-ortho nitro benzene ring substituents is 1. The van der Waals surface area contributed by atoms with E-state index in [4.69, 9.17) is 11.6 Å². The summed E-state index contributed by atoms with van der Waals surface area (Å²) >= 11 is 6.10. The van der Waals surface area contributed by atoms with Crippen molar-refractivity contribution in [2.75, 3.05) is 20.1 Å². The summed E-state index contributed by atoms with van der Waals surface area (Å²) in [5.74, 6) is -0.312. The fraction of sp³-hybridized carbons (Fsp3) is 0.438. The highest BCUT2D eigenvalue weighted by molar-refractivity contribution is 6.31. The van der Waals surface area contributed by atoms with Gasteiger partial charge in [0.25, 0.3) is 11.6 Å². The van der Waals surface area contributed by atoms with Crippen LogP contribution >= 0.6 is 24.0 Å². The number of hydrogen-bond donors (Lipinski definition) is 1. The van der Waals surface area contributed by atoms with Gasteiger partial charge in [0.15, 0.2) is 5.69 Å². The number of nitro benzene ring substituents is 1. The molecule has 2 heterocycles. The SMILES string of the molecule is CN(Cc1cc([N+](=O)[O-])ccc1Cl)C(=O)c1cn(C2CCNCC2)nn1.Cl. The predicted octanol–water partition coefficient (Wildman–Crippen LogP) is 2.46. The Morgan fingerprint density at radius 2 is 2.15 bits per heavy atom. The van der Waals surface area contributed by atoms with Gasteiger partial charge in [-0.2, -0.15) is 0 Å². The molecule has 0 radical (unpaired) electrons. The summed E-state index contributed by atoms with van der Waals surface area (Å²) in [4.78, 5) is 24.4. The van der Waals surface area contributed by atoms with Gasteiger partial charge in [0.2, 0.25) is 0 Å². The predicted molar refractivity (Wildman–Crippen MR) is 102 cm³/mol. The van der Waals surface area contributed by atoms with Gasteiger partial charge in [-0.25, -0.2) is 4.68 Å². The molecule has 3 rings (SSSR count). The largest absolute Gasteiger partial charge is 0.336 e. The molecule has 0 aliphatic carbocycles. The highest BCUT2D eigenvalue weighted by Crippen LogP contribution is 2.24. The molecule has 1 saturated heterocycles. The third-order valence-corrected chi connectivity index (χ3v) is 4.78. The van der Waals surface area contributed by atoms with Crippen molar-refractivity contribution in [2.24, 2.45) is 0 Å². The van der Waals surface area contributed by atoms with Crippen LogP contribution in [0.1, 0.15) is 34.9 Å². The van der Waals surface area contributed by atoms with E-state index in [2.05, 4.69) is 15.6 Å². The summed E-state index contributed by atoms with van der Waals surface area (Å²) in [6.45, 7) is 1.97. The van der Waals surface area contributed by atoms with Gasteiger partial charge in [-0.15, -0.1) is 17.5 Å². The standard InChI is InChI=1S/C16H19ClN6O3.ClH/c1-21(9-11-8-13(23(25)26)2-3-14(11)17)16(24)15-10-22(20-19-15)12-4-6-18-7-5-12;/h2-3,8,10,12,18H,4-7,9H2,1H3;1H. The van der Waals surface area contributed by atoms with Gasteiger partial charge in [-0.3, -0.25) is 14.9 Å². The van der Waals surface area contributed by atoms with Gasteiger partial charge in [0.1, 0.15) is 0 Å². The van der Waals surface area contributed by atoms with Crippen LogP contribution in [-0.2, 0) is 6.54 Å². The number of benzene rings is 1. The summed E-state index contributed by atoms with van der Waals surface area (Å²) in [5, 5.41) is 22.6. The first-order valence-electron chi connectivity index (χ1n) is 8.26. The van der Waals surface area contributed by atoms with Gasteiger partial charge in [-0.1, -0.05) is 16.8 Å². The second kappa shape index (κ2) is 9.12. The molecule has 9 nitrogen and oxygen atoms in total.